The van der Waals surface area contributed by atoms with E-state index in [4.69, 9.17) is 9.84 Å². The van der Waals surface area contributed by atoms with Gasteiger partial charge in [0.15, 0.2) is 0 Å². The van der Waals surface area contributed by atoms with Crippen LogP contribution in [-0.4, -0.2) is 45.5 Å². The normalized spacial score (nSPS) is 24.4. The fraction of sp³-hybridized carbons (Fsp3) is 0.450. The van der Waals surface area contributed by atoms with Gasteiger partial charge in [-0.2, -0.15) is 5.10 Å². The summed E-state index contributed by atoms with van der Waals surface area (Å²) in [5.41, 5.74) is 2.03. The highest BCUT2D eigenvalue weighted by molar-refractivity contribution is 5.94. The molecule has 1 aliphatic carbocycles. The minimum absolute atomic E-state index is 0.0810. The van der Waals surface area contributed by atoms with Gasteiger partial charge in [0, 0.05) is 24.1 Å². The van der Waals surface area contributed by atoms with Crippen LogP contribution in [0.2, 0.25) is 0 Å². The third-order valence-electron chi connectivity index (χ3n) is 5.71. The molecule has 7 nitrogen and oxygen atoms in total. The number of carboxylic acids is 1. The van der Waals surface area contributed by atoms with Crippen LogP contribution in [0.25, 0.3) is 5.69 Å². The second kappa shape index (κ2) is 7.15. The van der Waals surface area contributed by atoms with Gasteiger partial charge in [-0.15, -0.1) is 0 Å². The Balaban J connectivity index is 1.47. The summed E-state index contributed by atoms with van der Waals surface area (Å²) < 4.78 is 7.33. The summed E-state index contributed by atoms with van der Waals surface area (Å²) in [6, 6.07) is 7.23. The van der Waals surface area contributed by atoms with Gasteiger partial charge < -0.3 is 15.2 Å². The van der Waals surface area contributed by atoms with Crippen molar-refractivity contribution in [2.24, 2.45) is 5.92 Å². The van der Waals surface area contributed by atoms with Gasteiger partial charge in [-0.05, 0) is 56.9 Å². The Morgan fingerprint density at radius 1 is 1.22 bits per heavy atom. The zero-order valence-electron chi connectivity index (χ0n) is 15.2. The molecule has 7 heteroatoms. The summed E-state index contributed by atoms with van der Waals surface area (Å²) in [4.78, 5) is 23.8. The number of carbonyl (C=O) groups excluding carboxylic acids is 1. The number of hydrogen-bond acceptors (Lipinski definition) is 4. The predicted octanol–water partition coefficient (Wildman–Crippen LogP) is 2.57. The lowest BCUT2D eigenvalue weighted by Gasteiger charge is -2.33. The highest BCUT2D eigenvalue weighted by Gasteiger charge is 2.38. The number of rotatable bonds is 4. The topological polar surface area (TPSA) is 93.5 Å². The molecule has 1 aromatic carbocycles. The largest absolute Gasteiger partial charge is 0.478 e. The van der Waals surface area contributed by atoms with E-state index < -0.39 is 5.97 Å². The van der Waals surface area contributed by atoms with Gasteiger partial charge in [-0.1, -0.05) is 0 Å². The number of hydrogen-bond donors (Lipinski definition) is 2. The summed E-state index contributed by atoms with van der Waals surface area (Å²) in [7, 11) is 0. The molecular weight excluding hydrogens is 346 g/mol. The van der Waals surface area contributed by atoms with Crippen LogP contribution in [-0.2, 0) is 4.74 Å². The Hall–Kier alpha value is -2.67. The Morgan fingerprint density at radius 2 is 2.00 bits per heavy atom. The second-order valence-corrected chi connectivity index (χ2v) is 7.28. The van der Waals surface area contributed by atoms with Crippen molar-refractivity contribution in [1.82, 2.24) is 15.1 Å². The van der Waals surface area contributed by atoms with Crippen LogP contribution in [0, 0.1) is 12.8 Å². The van der Waals surface area contributed by atoms with Gasteiger partial charge in [0.1, 0.15) is 5.56 Å². The number of ether oxygens (including phenoxy) is 1. The van der Waals surface area contributed by atoms with Crippen LogP contribution < -0.4 is 5.32 Å². The number of aromatic nitrogens is 2. The monoisotopic (exact) mass is 369 g/mol. The molecule has 3 atom stereocenters. The Bertz CT molecular complexity index is 859. The van der Waals surface area contributed by atoms with Crippen LogP contribution in [0.5, 0.6) is 0 Å². The first-order chi connectivity index (χ1) is 13.0. The van der Waals surface area contributed by atoms with E-state index in [9.17, 15) is 9.59 Å². The third-order valence-corrected chi connectivity index (χ3v) is 5.71. The Kier molecular flexibility index (Phi) is 4.70. The maximum absolute atomic E-state index is 12.7. The van der Waals surface area contributed by atoms with Gasteiger partial charge in [-0.25, -0.2) is 9.48 Å². The van der Waals surface area contributed by atoms with Crippen LogP contribution >= 0.6 is 0 Å². The van der Waals surface area contributed by atoms with Crippen LogP contribution in [0.15, 0.2) is 30.5 Å². The van der Waals surface area contributed by atoms with Crippen LogP contribution in [0.4, 0.5) is 0 Å². The third kappa shape index (κ3) is 3.35. The SMILES string of the molecule is Cc1c(C(=O)O)cnn1-c1ccc(C(=O)N[C@@H]2CCC[C@H]3OCC[C@H]23)cc1. The number of carbonyl (C=O) groups is 2. The molecule has 4 rings (SSSR count). The zero-order valence-corrected chi connectivity index (χ0v) is 15.2. The summed E-state index contributed by atoms with van der Waals surface area (Å²) >= 11 is 0. The van der Waals surface area contributed by atoms with E-state index in [1.165, 1.54) is 6.20 Å². The number of benzene rings is 1. The summed E-state index contributed by atoms with van der Waals surface area (Å²) in [5.74, 6) is -0.665. The second-order valence-electron chi connectivity index (χ2n) is 7.28. The van der Waals surface area contributed by atoms with E-state index in [0.29, 0.717) is 17.2 Å². The maximum Gasteiger partial charge on any atom is 0.339 e. The molecule has 2 N–H and O–H groups in total. The number of amides is 1. The van der Waals surface area contributed by atoms with E-state index in [2.05, 4.69) is 10.4 Å². The summed E-state index contributed by atoms with van der Waals surface area (Å²) in [6.07, 6.45) is 5.81. The number of nitrogens with one attached hydrogen (secondary N) is 1. The minimum atomic E-state index is -1.00. The van der Waals surface area contributed by atoms with E-state index in [1.807, 2.05) is 0 Å². The lowest BCUT2D eigenvalue weighted by Crippen LogP contribution is -2.45. The first-order valence-corrected chi connectivity index (χ1v) is 9.35. The van der Waals surface area contributed by atoms with Crippen molar-refractivity contribution < 1.29 is 19.4 Å². The quantitative estimate of drug-likeness (QED) is 0.864. The van der Waals surface area contributed by atoms with Crippen molar-refractivity contribution >= 4 is 11.9 Å². The average Bonchev–Trinajstić information content (AvgIpc) is 3.29. The fourth-order valence-electron chi connectivity index (χ4n) is 4.24. The molecule has 2 aromatic rings. The van der Waals surface area contributed by atoms with Gasteiger partial charge in [0.2, 0.25) is 0 Å². The molecule has 2 heterocycles. The molecule has 1 saturated carbocycles. The van der Waals surface area contributed by atoms with Gasteiger partial charge in [0.05, 0.1) is 23.7 Å². The first kappa shape index (κ1) is 17.7. The van der Waals surface area contributed by atoms with Crippen LogP contribution in [0.3, 0.4) is 0 Å². The fourth-order valence-corrected chi connectivity index (χ4v) is 4.24. The molecule has 2 aliphatic rings. The standard InChI is InChI=1S/C20H23N3O4/c1-12-16(20(25)26)11-21-23(12)14-7-5-13(6-8-14)19(24)22-17-3-2-4-18-15(17)9-10-27-18/h5-8,11,15,17-18H,2-4,9-10H2,1H3,(H,22,24)(H,25,26)/t15-,17-,18-/m1/s1. The van der Waals surface area contributed by atoms with Gasteiger partial charge >= 0.3 is 5.97 Å². The van der Waals surface area contributed by atoms with Crippen LogP contribution in [0.1, 0.15) is 52.1 Å². The van der Waals surface area contributed by atoms with Crippen molar-refractivity contribution in [3.05, 3.63) is 47.3 Å². The Morgan fingerprint density at radius 3 is 2.70 bits per heavy atom. The minimum Gasteiger partial charge on any atom is -0.478 e. The summed E-state index contributed by atoms with van der Waals surface area (Å²) in [5, 5.41) is 16.5. The van der Waals surface area contributed by atoms with Gasteiger partial charge in [-0.3, -0.25) is 4.79 Å². The Labute approximate surface area is 157 Å². The smallest absolute Gasteiger partial charge is 0.339 e. The lowest BCUT2D eigenvalue weighted by molar-refractivity contribution is 0.0510. The first-order valence-electron chi connectivity index (χ1n) is 9.35. The van der Waals surface area contributed by atoms with Crippen molar-refractivity contribution in [2.45, 2.75) is 44.8 Å². The number of fused-ring (bicyclic) bond motifs is 1. The molecule has 1 aromatic heterocycles. The molecular formula is C20H23N3O4. The molecule has 0 spiro atoms. The maximum atomic E-state index is 12.7. The molecule has 1 aliphatic heterocycles. The molecule has 2 fully saturated rings. The van der Waals surface area contributed by atoms with Crippen molar-refractivity contribution in [3.63, 3.8) is 0 Å². The highest BCUT2D eigenvalue weighted by Crippen LogP contribution is 2.34. The van der Waals surface area contributed by atoms with E-state index >= 15 is 0 Å². The zero-order chi connectivity index (χ0) is 19.0. The van der Waals surface area contributed by atoms with E-state index in [0.717, 1.165) is 38.0 Å². The highest BCUT2D eigenvalue weighted by atomic mass is 16.5. The molecule has 1 amide bonds. The van der Waals surface area contributed by atoms with Crippen molar-refractivity contribution in [3.8, 4) is 5.69 Å². The lowest BCUT2D eigenvalue weighted by atomic mass is 9.81. The number of aromatic carboxylic acids is 1. The predicted molar refractivity (Wildman–Crippen MR) is 98.2 cm³/mol. The van der Waals surface area contributed by atoms with Crippen molar-refractivity contribution in [1.29, 1.82) is 0 Å². The molecule has 27 heavy (non-hydrogen) atoms. The molecule has 142 valence electrons. The molecule has 1 saturated heterocycles. The summed E-state index contributed by atoms with van der Waals surface area (Å²) in [6.45, 7) is 2.50. The molecule has 0 radical (unpaired) electrons. The van der Waals surface area contributed by atoms with Gasteiger partial charge in [0.25, 0.3) is 5.91 Å². The molecule has 0 unspecified atom stereocenters. The number of carboxylic acid groups (broad SMARTS) is 1. The number of nitrogens with zero attached hydrogens (tertiary/aromatic N) is 2. The molecule has 0 bridgehead atoms. The van der Waals surface area contributed by atoms with E-state index in [1.54, 1.807) is 35.9 Å². The average molecular weight is 369 g/mol. The van der Waals surface area contributed by atoms with Crippen molar-refractivity contribution in [2.75, 3.05) is 6.61 Å². The van der Waals surface area contributed by atoms with E-state index in [-0.39, 0.29) is 23.6 Å².